The van der Waals surface area contributed by atoms with Gasteiger partial charge in [-0.2, -0.15) is 0 Å². The molecular weight excluding hydrogens is 458 g/mol. The van der Waals surface area contributed by atoms with Gasteiger partial charge < -0.3 is 29.3 Å². The first kappa shape index (κ1) is 26.7. The van der Waals surface area contributed by atoms with Crippen LogP contribution in [0.3, 0.4) is 0 Å². The third-order valence-corrected chi connectivity index (χ3v) is 7.75. The molecule has 0 spiro atoms. The number of ether oxygens (including phenoxy) is 1. The van der Waals surface area contributed by atoms with Crippen LogP contribution in [0.5, 0.6) is 0 Å². The number of piperidine rings is 1. The Bertz CT molecular complexity index is 1040. The van der Waals surface area contributed by atoms with Gasteiger partial charge in [-0.1, -0.05) is 19.8 Å². The molecule has 0 bridgehead atoms. The van der Waals surface area contributed by atoms with Crippen molar-refractivity contribution >= 4 is 22.9 Å². The minimum absolute atomic E-state index is 0.0223. The number of anilines is 1. The van der Waals surface area contributed by atoms with Gasteiger partial charge in [0.05, 0.1) is 18.5 Å². The summed E-state index contributed by atoms with van der Waals surface area (Å²) in [6.45, 7) is 12.3. The van der Waals surface area contributed by atoms with E-state index in [4.69, 9.17) is 4.74 Å². The molecule has 1 aliphatic carbocycles. The summed E-state index contributed by atoms with van der Waals surface area (Å²) in [5.41, 5.74) is -1.25. The van der Waals surface area contributed by atoms with E-state index in [9.17, 15) is 15.0 Å². The molecular formula is C27H43N5O4. The number of carbonyl (C=O) groups excluding carboxylic acids is 1. The van der Waals surface area contributed by atoms with Crippen molar-refractivity contribution in [2.75, 3.05) is 31.1 Å². The van der Waals surface area contributed by atoms with Gasteiger partial charge >= 0.3 is 6.09 Å². The van der Waals surface area contributed by atoms with Crippen LogP contribution in [0.4, 0.5) is 10.6 Å². The second-order valence-electron chi connectivity index (χ2n) is 11.8. The zero-order chi connectivity index (χ0) is 26.1. The fourth-order valence-corrected chi connectivity index (χ4v) is 5.50. The van der Waals surface area contributed by atoms with Gasteiger partial charge in [0.2, 0.25) is 0 Å². The summed E-state index contributed by atoms with van der Waals surface area (Å²) in [4.78, 5) is 25.4. The lowest BCUT2D eigenvalue weighted by atomic mass is 9.83. The predicted octanol–water partition coefficient (Wildman–Crippen LogP) is 3.82. The first-order chi connectivity index (χ1) is 17.0. The number of nitrogens with zero attached hydrogens (tertiary/aromatic N) is 5. The maximum Gasteiger partial charge on any atom is 0.410 e. The molecule has 2 aromatic rings. The second-order valence-corrected chi connectivity index (χ2v) is 11.8. The van der Waals surface area contributed by atoms with Crippen LogP contribution >= 0.6 is 0 Å². The summed E-state index contributed by atoms with van der Waals surface area (Å²) in [6.07, 6.45) is 7.28. The van der Waals surface area contributed by atoms with Gasteiger partial charge in [0.15, 0.2) is 0 Å². The fraction of sp³-hybridized carbons (Fsp3) is 0.741. The Hall–Kier alpha value is -2.39. The Kier molecular flexibility index (Phi) is 7.80. The molecule has 9 heteroatoms. The monoisotopic (exact) mass is 501 g/mol. The number of carbonyl (C=O) groups is 1. The molecule has 0 unspecified atom stereocenters. The zero-order valence-electron chi connectivity index (χ0n) is 22.5. The molecule has 1 aliphatic heterocycles. The topological polar surface area (TPSA) is 104 Å². The van der Waals surface area contributed by atoms with E-state index in [1.807, 2.05) is 37.6 Å². The molecule has 3 heterocycles. The summed E-state index contributed by atoms with van der Waals surface area (Å²) in [6, 6.07) is 2.00. The van der Waals surface area contributed by atoms with Crippen molar-refractivity contribution in [2.45, 2.75) is 90.6 Å². The first-order valence-electron chi connectivity index (χ1n) is 13.4. The smallest absolute Gasteiger partial charge is 0.410 e. The van der Waals surface area contributed by atoms with E-state index in [0.29, 0.717) is 12.5 Å². The molecule has 200 valence electrons. The minimum Gasteiger partial charge on any atom is -0.444 e. The van der Waals surface area contributed by atoms with Gasteiger partial charge in [0.25, 0.3) is 0 Å². The molecule has 4 rings (SSSR count). The number of amides is 1. The Morgan fingerprint density at radius 2 is 1.97 bits per heavy atom. The molecule has 9 nitrogen and oxygen atoms in total. The van der Waals surface area contributed by atoms with Gasteiger partial charge in [-0.05, 0) is 64.9 Å². The number of aliphatic hydroxyl groups is 2. The third-order valence-electron chi connectivity index (χ3n) is 7.75. The molecule has 2 aliphatic rings. The highest BCUT2D eigenvalue weighted by molar-refractivity contribution is 5.87. The highest BCUT2D eigenvalue weighted by atomic mass is 16.6. The summed E-state index contributed by atoms with van der Waals surface area (Å²) in [7, 11) is 0. The lowest BCUT2D eigenvalue weighted by Gasteiger charge is -2.42. The number of β-amino-alcohol motifs (C(OH)–C–C–N with tert-alkyl or cyclic N) is 1. The summed E-state index contributed by atoms with van der Waals surface area (Å²) >= 11 is 0. The lowest BCUT2D eigenvalue weighted by molar-refractivity contribution is -0.125. The van der Waals surface area contributed by atoms with E-state index in [1.165, 1.54) is 30.6 Å². The molecule has 36 heavy (non-hydrogen) atoms. The number of aromatic nitrogens is 3. The largest absolute Gasteiger partial charge is 0.444 e. The molecule has 2 fully saturated rings. The number of rotatable bonds is 6. The lowest BCUT2D eigenvalue weighted by Crippen LogP contribution is -2.59. The third kappa shape index (κ3) is 5.94. The molecule has 2 N–H and O–H groups in total. The minimum atomic E-state index is -1.38. The molecule has 1 saturated carbocycles. The highest BCUT2D eigenvalue weighted by Gasteiger charge is 2.43. The quantitative estimate of drug-likeness (QED) is 0.620. The van der Waals surface area contributed by atoms with E-state index in [1.54, 1.807) is 6.33 Å². The van der Waals surface area contributed by atoms with Gasteiger partial charge in [0, 0.05) is 25.8 Å². The maximum absolute atomic E-state index is 12.4. The molecule has 0 aromatic carbocycles. The average Bonchev–Trinajstić information content (AvgIpc) is 3.22. The normalized spacial score (nSPS) is 27.3. The van der Waals surface area contributed by atoms with Gasteiger partial charge in [-0.25, -0.2) is 14.8 Å². The van der Waals surface area contributed by atoms with Crippen molar-refractivity contribution < 1.29 is 19.7 Å². The molecule has 2 aromatic heterocycles. The van der Waals surface area contributed by atoms with Crippen molar-refractivity contribution in [1.82, 2.24) is 19.4 Å². The Balaban J connectivity index is 1.47. The average molecular weight is 502 g/mol. The predicted molar refractivity (Wildman–Crippen MR) is 140 cm³/mol. The zero-order valence-corrected chi connectivity index (χ0v) is 22.5. The molecule has 1 saturated heterocycles. The van der Waals surface area contributed by atoms with Crippen molar-refractivity contribution in [3.63, 3.8) is 0 Å². The van der Waals surface area contributed by atoms with Crippen molar-refractivity contribution in [3.05, 3.63) is 18.6 Å². The summed E-state index contributed by atoms with van der Waals surface area (Å²) < 4.78 is 7.32. The second kappa shape index (κ2) is 10.5. The molecule has 1 amide bonds. The van der Waals surface area contributed by atoms with Crippen LogP contribution < -0.4 is 4.90 Å². The Morgan fingerprint density at radius 3 is 2.61 bits per heavy atom. The van der Waals surface area contributed by atoms with Gasteiger partial charge in [-0.15, -0.1) is 0 Å². The maximum atomic E-state index is 12.4. The fourth-order valence-electron chi connectivity index (χ4n) is 5.50. The summed E-state index contributed by atoms with van der Waals surface area (Å²) in [5.74, 6) is 2.43. The highest BCUT2D eigenvalue weighted by Crippen LogP contribution is 2.33. The van der Waals surface area contributed by atoms with E-state index in [2.05, 4.69) is 28.7 Å². The van der Waals surface area contributed by atoms with Crippen molar-refractivity contribution in [1.29, 1.82) is 0 Å². The number of hydrogen-bond donors (Lipinski definition) is 2. The molecule has 2 atom stereocenters. The van der Waals surface area contributed by atoms with E-state index in [-0.39, 0.29) is 19.5 Å². The van der Waals surface area contributed by atoms with Crippen LogP contribution in [-0.2, 0) is 11.3 Å². The van der Waals surface area contributed by atoms with Crippen LogP contribution in [0.1, 0.15) is 66.7 Å². The van der Waals surface area contributed by atoms with Crippen LogP contribution in [0.25, 0.3) is 11.0 Å². The first-order valence-corrected chi connectivity index (χ1v) is 13.4. The van der Waals surface area contributed by atoms with Crippen LogP contribution in [0, 0.1) is 11.8 Å². The SMILES string of the molecule is CCN(CC1CCC(C)CC1)c1ncnc2c1ccn2C[C@]1(O)CCN(C(=O)OC(C)(C)C)C[C@H]1O. The van der Waals surface area contributed by atoms with Gasteiger partial charge in [0.1, 0.15) is 35.1 Å². The van der Waals surface area contributed by atoms with Crippen LogP contribution in [0.2, 0.25) is 0 Å². The standard InChI is InChI=1S/C27H43N5O4/c1-6-30(15-20-9-7-19(2)8-10-20)23-21-11-13-32(24(21)29-18-28-23)17-27(35)12-14-31(16-22(27)33)25(34)36-26(3,4)5/h11,13,18-20,22,33,35H,6-10,12,14-17H2,1-5H3/t19?,20?,22-,27-/m1/s1. The number of hydrogen-bond acceptors (Lipinski definition) is 7. The van der Waals surface area contributed by atoms with Gasteiger partial charge in [-0.3, -0.25) is 0 Å². The number of likely N-dealkylation sites (tertiary alicyclic amines) is 1. The van der Waals surface area contributed by atoms with Crippen LogP contribution in [0.15, 0.2) is 18.6 Å². The van der Waals surface area contributed by atoms with Crippen molar-refractivity contribution in [3.8, 4) is 0 Å². The van der Waals surface area contributed by atoms with Crippen molar-refractivity contribution in [2.24, 2.45) is 11.8 Å². The van der Waals surface area contributed by atoms with E-state index in [0.717, 1.165) is 35.9 Å². The Morgan fingerprint density at radius 1 is 1.25 bits per heavy atom. The molecule has 0 radical (unpaired) electrons. The summed E-state index contributed by atoms with van der Waals surface area (Å²) in [5, 5.41) is 23.2. The van der Waals surface area contributed by atoms with Crippen LogP contribution in [-0.4, -0.2) is 79.2 Å². The van der Waals surface area contributed by atoms with E-state index >= 15 is 0 Å². The Labute approximate surface area is 214 Å². The number of aliphatic hydroxyl groups excluding tert-OH is 1. The number of fused-ring (bicyclic) bond motifs is 1. The van der Waals surface area contributed by atoms with E-state index < -0.39 is 23.4 Å².